The Bertz CT molecular complexity index is 5740. The molecule has 0 aliphatic carbocycles. The molecule has 13 aromatic rings. The highest BCUT2D eigenvalue weighted by molar-refractivity contribution is 9.11. The first-order chi connectivity index (χ1) is 60.8. The molecule has 0 amide bonds. The topological polar surface area (TPSA) is 230 Å². The van der Waals surface area contributed by atoms with Crippen molar-refractivity contribution < 1.29 is 61.6 Å². The van der Waals surface area contributed by atoms with Gasteiger partial charge >= 0.3 is 42.3 Å². The van der Waals surface area contributed by atoms with Crippen LogP contribution < -0.4 is 10.9 Å². The maximum atomic E-state index is 9.96. The zero-order valence-electron chi connectivity index (χ0n) is 81.5. The van der Waals surface area contributed by atoms with Crippen LogP contribution in [0.5, 0.6) is 0 Å². The molecule has 7 aliphatic heterocycles. The number of rotatable bonds is 4. The maximum absolute atomic E-state index is 9.96. The van der Waals surface area contributed by atoms with E-state index in [0.717, 1.165) is 105 Å². The largest absolute Gasteiger partial charge is 0.495 e. The van der Waals surface area contributed by atoms with Gasteiger partial charge in [0.1, 0.15) is 0 Å². The quantitative estimate of drug-likeness (QED) is 0.149. The molecule has 0 spiro atoms. The van der Waals surface area contributed by atoms with Crippen molar-refractivity contribution in [1.82, 2.24) is 58.7 Å². The number of benzene rings is 7. The van der Waals surface area contributed by atoms with Crippen LogP contribution in [0.15, 0.2) is 192 Å². The van der Waals surface area contributed by atoms with Crippen LogP contribution >= 0.6 is 79.6 Å². The van der Waals surface area contributed by atoms with Gasteiger partial charge in [-0.25, -0.2) is 0 Å². The number of fused-ring (bicyclic) bond motifs is 7. The van der Waals surface area contributed by atoms with Gasteiger partial charge in [-0.1, -0.05) is 140 Å². The summed E-state index contributed by atoms with van der Waals surface area (Å²) in [6.07, 6.45) is 13.5. The average molecular weight is 2100 g/mol. The van der Waals surface area contributed by atoms with E-state index in [1.165, 1.54) is 11.1 Å². The summed E-state index contributed by atoms with van der Waals surface area (Å²) in [4.78, 5) is 4.16. The van der Waals surface area contributed by atoms with Crippen LogP contribution in [0, 0.1) is 0 Å². The van der Waals surface area contributed by atoms with E-state index >= 15 is 0 Å². The summed E-state index contributed by atoms with van der Waals surface area (Å²) in [7, 11) is 8.02. The third-order valence-electron chi connectivity index (χ3n) is 26.4. The van der Waals surface area contributed by atoms with E-state index in [4.69, 9.17) is 57.2 Å². The van der Waals surface area contributed by atoms with Gasteiger partial charge in [0.25, 0.3) is 0 Å². The van der Waals surface area contributed by atoms with Crippen LogP contribution in [0.3, 0.4) is 0 Å². The van der Waals surface area contributed by atoms with Gasteiger partial charge in [0.05, 0.1) is 134 Å². The first-order valence-electron chi connectivity index (χ1n) is 43.9. The van der Waals surface area contributed by atoms with Gasteiger partial charge in [-0.3, -0.25) is 37.5 Å². The van der Waals surface area contributed by atoms with E-state index in [-0.39, 0.29) is 81.4 Å². The molecule has 692 valence electrons. The zero-order chi connectivity index (χ0) is 96.7. The van der Waals surface area contributed by atoms with E-state index in [0.29, 0.717) is 0 Å². The lowest BCUT2D eigenvalue weighted by molar-refractivity contribution is 0.00578. The van der Waals surface area contributed by atoms with Gasteiger partial charge in [0, 0.05) is 127 Å². The van der Waals surface area contributed by atoms with E-state index in [2.05, 4.69) is 183 Å². The predicted molar refractivity (Wildman–Crippen MR) is 543 cm³/mol. The molecule has 6 aromatic heterocycles. The molecular weight excluding hydrogens is 1970 g/mol. The lowest BCUT2D eigenvalue weighted by Crippen LogP contribution is -2.41. The minimum Gasteiger partial charge on any atom is -0.405 e. The number of aromatic nitrogens is 12. The summed E-state index contributed by atoms with van der Waals surface area (Å²) in [5.41, 5.74) is 6.92. The lowest BCUT2D eigenvalue weighted by atomic mass is 9.49. The highest BCUT2D eigenvalue weighted by Gasteiger charge is 2.66. The van der Waals surface area contributed by atoms with Crippen LogP contribution in [0.2, 0.25) is 0 Å². The molecule has 0 N–H and O–H groups in total. The van der Waals surface area contributed by atoms with Crippen molar-refractivity contribution in [3.05, 3.63) is 198 Å². The van der Waals surface area contributed by atoms with Crippen LogP contribution in [0.4, 0.5) is 4.39 Å². The predicted octanol–water partition coefficient (Wildman–Crippen LogP) is 20.6. The summed E-state index contributed by atoms with van der Waals surface area (Å²) >= 11 is 17.3. The van der Waals surface area contributed by atoms with E-state index < -0.39 is 35.2 Å². The molecule has 130 heavy (non-hydrogen) atoms. The fourth-order valence-corrected chi connectivity index (χ4v) is 16.7. The van der Waals surface area contributed by atoms with E-state index in [9.17, 15) is 4.39 Å². The van der Waals surface area contributed by atoms with E-state index in [1.807, 2.05) is 340 Å². The summed E-state index contributed by atoms with van der Waals surface area (Å²) in [6, 6.07) is 42.5. The normalized spacial score (nSPS) is 19.9. The molecule has 7 aromatic carbocycles. The zero-order valence-corrected chi connectivity index (χ0v) is 88.5. The summed E-state index contributed by atoms with van der Waals surface area (Å²) < 4.78 is 104. The maximum Gasteiger partial charge on any atom is 0.495 e. The number of alkyl halides is 1. The number of aryl methyl sites for hydroxylation is 6. The average Bonchev–Trinajstić information content (AvgIpc) is 1.59. The fourth-order valence-electron chi connectivity index (χ4n) is 14.4. The van der Waals surface area contributed by atoms with Crippen LogP contribution in [0.1, 0.15) is 179 Å². The molecule has 0 atom stereocenters. The number of nitrogens with zero attached hydrogens (tertiary/aromatic N) is 13. The van der Waals surface area contributed by atoms with Crippen molar-refractivity contribution in [3.63, 3.8) is 0 Å². The van der Waals surface area contributed by atoms with Crippen molar-refractivity contribution in [1.29, 1.82) is 0 Å². The third-order valence-corrected chi connectivity index (χ3v) is 29.9. The molecule has 25 nitrogen and oxygen atoms in total. The molecule has 7 aliphatic rings. The fraction of sp³-hybridized carbons (Fsp3) is 0.473. The standard InChI is InChI=1S/2C14H19BN2O2.2C12H24B2O4.4C8H7BrN2.C8H6BrN.CH3F/c1-13(2)14(3,4)19-15(18-13)11-7-6-8-12-10(11)9-17(5)16-12;1-13(2)14(3,4)19-15(18-13)11-7-6-8-12-10(11)9-16-17(12)5;2*1-9(2)10(3,4)16-13(15-9)14-17-11(5,6)12(7,8)18-14;2*1-11-5-6-7(9)3-2-4-8(6)10-11;2*1-11-8-4-2-3-7(9)6(8)5-10-11;9-8-3-1-2-6-4-10-5-7(6)8;1-2/h2*6-9H,1-5H3;2*1-8H3;4*2-5H,1H3;1-3,5H,4H2;1H3/i;;;;;;;;;1D. The Labute approximate surface area is 810 Å². The Morgan fingerprint density at radius 2 is 0.546 bits per heavy atom. The molecule has 0 bridgehead atoms. The molecule has 20 rings (SSSR count). The first kappa shape index (κ1) is 102. The number of hydrogen-bond donors (Lipinski definition) is 0. The molecule has 13 heterocycles. The second kappa shape index (κ2) is 39.9. The van der Waals surface area contributed by atoms with Gasteiger partial charge in [-0.2, -0.15) is 30.6 Å². The Morgan fingerprint density at radius 3 is 0.854 bits per heavy atom. The van der Waals surface area contributed by atoms with Crippen LogP contribution in [-0.4, -0.2) is 182 Å². The van der Waals surface area contributed by atoms with Crippen molar-refractivity contribution >= 4 is 204 Å². The molecule has 6 fully saturated rings. The minimum atomic E-state index is -1.00. The molecule has 0 radical (unpaired) electrons. The SMILES string of the molecule is Brc1cccc2c1C=NC2.CC1(C)OB(B2OC(C)(C)C(C)(C)O2)OC1(C)C.CC1(C)OB(B2OC(C)(C)C(C)(C)O2)OC1(C)C.Cn1cc2c(B3OC(C)(C)C(C)(C)O3)cccc2n1.Cn1cc2c(Br)cccc2n1.Cn1cc2c(Br)cccc2n1.Cn1ncc2c(B3OC(C)(C)C(C)(C)O3)cccc21.Cn1ncc2c(Br)cccc21.Cn1ncc2c(Br)cccc21.[2H]CF. The van der Waals surface area contributed by atoms with Crippen LogP contribution in [0.25, 0.3) is 65.4 Å². The second-order valence-electron chi connectivity index (χ2n) is 38.9. The molecule has 37 heteroatoms. The third kappa shape index (κ3) is 22.7. The van der Waals surface area contributed by atoms with Crippen molar-refractivity contribution in [2.45, 2.75) is 240 Å². The molecule has 0 saturated carbocycles. The Hall–Kier alpha value is -6.73. The number of aliphatic imine (C=N–C) groups is 1. The highest BCUT2D eigenvalue weighted by atomic mass is 79.9. The van der Waals surface area contributed by atoms with Crippen molar-refractivity contribution in [3.8, 4) is 0 Å². The summed E-state index contributed by atoms with van der Waals surface area (Å²) in [6.45, 7) is 49.8. The van der Waals surface area contributed by atoms with Crippen molar-refractivity contribution in [2.75, 3.05) is 7.15 Å². The van der Waals surface area contributed by atoms with Gasteiger partial charge in [-0.05, 0) is 249 Å². The van der Waals surface area contributed by atoms with Gasteiger partial charge in [0.2, 0.25) is 0 Å². The van der Waals surface area contributed by atoms with Gasteiger partial charge in [-0.15, -0.1) is 0 Å². The Kier molecular flexibility index (Phi) is 31.4. The molecule has 0 unspecified atom stereocenters. The number of halogens is 6. The number of hydrogen-bond acceptors (Lipinski definition) is 19. The second-order valence-corrected chi connectivity index (χ2v) is 43.2. The summed E-state index contributed by atoms with van der Waals surface area (Å²) in [5, 5.41) is 32.4. The summed E-state index contributed by atoms with van der Waals surface area (Å²) in [5.74, 6) is 0. The smallest absolute Gasteiger partial charge is 0.405 e. The molecule has 6 saturated heterocycles. The lowest BCUT2D eigenvalue weighted by Gasteiger charge is -2.32. The van der Waals surface area contributed by atoms with Gasteiger partial charge in [0.15, 0.2) is 0 Å². The Morgan fingerprint density at radius 1 is 0.308 bits per heavy atom. The highest BCUT2D eigenvalue weighted by Crippen LogP contribution is 2.46. The Balaban J connectivity index is 0.000000143. The minimum absolute atomic E-state index is 0.317. The van der Waals surface area contributed by atoms with E-state index in [1.54, 1.807) is 0 Å². The van der Waals surface area contributed by atoms with Crippen molar-refractivity contribution in [2.24, 2.45) is 47.3 Å². The van der Waals surface area contributed by atoms with Crippen LogP contribution in [-0.2, 0) is 105 Å². The molecular formula is C93H123B6Br5FN13O12. The first-order valence-corrected chi connectivity index (χ1v) is 47.1. The van der Waals surface area contributed by atoms with Gasteiger partial charge < -0.3 is 55.9 Å². The monoisotopic (exact) mass is 2090 g/mol.